The first-order valence-corrected chi connectivity index (χ1v) is 6.43. The Bertz CT molecular complexity index is 590. The topological polar surface area (TPSA) is 106 Å². The van der Waals surface area contributed by atoms with Gasteiger partial charge >= 0.3 is 11.7 Å². The van der Waals surface area contributed by atoms with E-state index in [-0.39, 0.29) is 18.2 Å². The van der Waals surface area contributed by atoms with Crippen LogP contribution in [0.4, 0.5) is 5.82 Å². The lowest BCUT2D eigenvalue weighted by Crippen LogP contribution is -2.40. The lowest BCUT2D eigenvalue weighted by molar-refractivity contribution is -0.137. The summed E-state index contributed by atoms with van der Waals surface area (Å²) in [6.07, 6.45) is 1.46. The first kappa shape index (κ1) is 15.9. The fourth-order valence-electron chi connectivity index (χ4n) is 1.76. The first-order chi connectivity index (χ1) is 9.32. The predicted molar refractivity (Wildman–Crippen MR) is 73.9 cm³/mol. The molecule has 0 spiro atoms. The number of carbonyl (C=O) groups is 1. The maximum absolute atomic E-state index is 11.8. The van der Waals surface area contributed by atoms with Gasteiger partial charge in [-0.05, 0) is 18.8 Å². The summed E-state index contributed by atoms with van der Waals surface area (Å²) in [6.45, 7) is 2.46. The van der Waals surface area contributed by atoms with Gasteiger partial charge in [-0.2, -0.15) is 0 Å². The second kappa shape index (κ2) is 6.88. The lowest BCUT2D eigenvalue weighted by atomic mass is 10.0. The van der Waals surface area contributed by atoms with E-state index in [1.165, 1.54) is 14.1 Å². The highest BCUT2D eigenvalue weighted by Gasteiger charge is 2.09. The van der Waals surface area contributed by atoms with E-state index in [1.807, 2.05) is 6.92 Å². The third-order valence-corrected chi connectivity index (χ3v) is 3.10. The molecule has 2 N–H and O–H groups in total. The fraction of sp³-hybridized carbons (Fsp3) is 0.667. The van der Waals surface area contributed by atoms with Crippen molar-refractivity contribution in [1.82, 2.24) is 14.3 Å². The Morgan fingerprint density at radius 1 is 1.35 bits per heavy atom. The minimum absolute atomic E-state index is 0.125. The van der Waals surface area contributed by atoms with E-state index in [2.05, 4.69) is 10.4 Å². The molecule has 1 unspecified atom stereocenters. The van der Waals surface area contributed by atoms with Gasteiger partial charge < -0.3 is 10.4 Å². The van der Waals surface area contributed by atoms with Crippen LogP contribution in [0.2, 0.25) is 0 Å². The van der Waals surface area contributed by atoms with Gasteiger partial charge in [0.1, 0.15) is 0 Å². The van der Waals surface area contributed by atoms with Gasteiger partial charge in [0.15, 0.2) is 0 Å². The normalized spacial score (nSPS) is 12.2. The Kier molecular flexibility index (Phi) is 5.48. The zero-order valence-electron chi connectivity index (χ0n) is 11.9. The van der Waals surface area contributed by atoms with Crippen LogP contribution in [0.5, 0.6) is 0 Å². The van der Waals surface area contributed by atoms with Crippen molar-refractivity contribution in [2.24, 2.45) is 20.0 Å². The highest BCUT2D eigenvalue weighted by molar-refractivity contribution is 5.66. The van der Waals surface area contributed by atoms with Crippen LogP contribution in [-0.2, 0) is 18.9 Å². The zero-order chi connectivity index (χ0) is 15.3. The van der Waals surface area contributed by atoms with Crippen LogP contribution in [0.1, 0.15) is 26.2 Å². The third kappa shape index (κ3) is 4.22. The summed E-state index contributed by atoms with van der Waals surface area (Å²) < 4.78 is 2.08. The van der Waals surface area contributed by atoms with Crippen LogP contribution in [0.15, 0.2) is 9.59 Å². The molecule has 1 aromatic heterocycles. The molecule has 0 amide bonds. The molecule has 20 heavy (non-hydrogen) atoms. The molecule has 1 atom stereocenters. The van der Waals surface area contributed by atoms with Crippen molar-refractivity contribution < 1.29 is 9.90 Å². The zero-order valence-corrected chi connectivity index (χ0v) is 11.9. The standard InChI is InChI=1S/C12H20N4O4/c1-8(4-5-9(17)18)6-7-13-10-11(19)15(2)12(20)16(3)14-10/h8H,4-7H2,1-3H3,(H,13,14)(H,17,18). The van der Waals surface area contributed by atoms with E-state index in [0.29, 0.717) is 13.0 Å². The van der Waals surface area contributed by atoms with E-state index < -0.39 is 17.2 Å². The number of rotatable bonds is 7. The Balaban J connectivity index is 2.57. The number of hydrogen-bond donors (Lipinski definition) is 2. The second-order valence-corrected chi connectivity index (χ2v) is 4.87. The molecule has 0 fully saturated rings. The monoisotopic (exact) mass is 284 g/mol. The van der Waals surface area contributed by atoms with Crippen LogP contribution in [-0.4, -0.2) is 32.0 Å². The summed E-state index contributed by atoms with van der Waals surface area (Å²) in [5, 5.41) is 15.3. The average Bonchev–Trinajstić information content (AvgIpc) is 2.39. The summed E-state index contributed by atoms with van der Waals surface area (Å²) >= 11 is 0. The number of carboxylic acid groups (broad SMARTS) is 1. The minimum Gasteiger partial charge on any atom is -0.481 e. The Morgan fingerprint density at radius 2 is 2.00 bits per heavy atom. The maximum atomic E-state index is 11.8. The molecule has 0 saturated heterocycles. The highest BCUT2D eigenvalue weighted by atomic mass is 16.4. The summed E-state index contributed by atoms with van der Waals surface area (Å²) in [5.74, 6) is -0.451. The van der Waals surface area contributed by atoms with E-state index >= 15 is 0 Å². The lowest BCUT2D eigenvalue weighted by Gasteiger charge is -2.11. The third-order valence-electron chi connectivity index (χ3n) is 3.10. The Morgan fingerprint density at radius 3 is 2.60 bits per heavy atom. The Hall–Kier alpha value is -2.12. The van der Waals surface area contributed by atoms with Crippen LogP contribution in [0.25, 0.3) is 0 Å². The van der Waals surface area contributed by atoms with E-state index in [4.69, 9.17) is 5.11 Å². The van der Waals surface area contributed by atoms with Crippen molar-refractivity contribution in [3.8, 4) is 0 Å². The molecular formula is C12H20N4O4. The van der Waals surface area contributed by atoms with Crippen molar-refractivity contribution in [2.45, 2.75) is 26.2 Å². The largest absolute Gasteiger partial charge is 0.481 e. The Labute approximate surface area is 116 Å². The van der Waals surface area contributed by atoms with Gasteiger partial charge in [0, 0.05) is 27.1 Å². The van der Waals surface area contributed by atoms with Gasteiger partial charge in [0.2, 0.25) is 5.82 Å². The summed E-state index contributed by atoms with van der Waals surface area (Å²) in [6, 6.07) is 0. The summed E-state index contributed by atoms with van der Waals surface area (Å²) in [7, 11) is 2.87. The minimum atomic E-state index is -0.807. The maximum Gasteiger partial charge on any atom is 0.346 e. The molecule has 112 valence electrons. The van der Waals surface area contributed by atoms with E-state index in [0.717, 1.165) is 15.7 Å². The molecule has 0 radical (unpaired) electrons. The van der Waals surface area contributed by atoms with Gasteiger partial charge in [-0.3, -0.25) is 14.2 Å². The number of aliphatic carboxylic acids is 1. The van der Waals surface area contributed by atoms with Crippen LogP contribution < -0.4 is 16.6 Å². The molecule has 1 heterocycles. The second-order valence-electron chi connectivity index (χ2n) is 4.87. The van der Waals surface area contributed by atoms with Gasteiger partial charge in [-0.25, -0.2) is 9.48 Å². The molecule has 0 saturated carbocycles. The predicted octanol–water partition coefficient (Wildman–Crippen LogP) is -0.218. The van der Waals surface area contributed by atoms with Crippen molar-refractivity contribution in [3.63, 3.8) is 0 Å². The highest BCUT2D eigenvalue weighted by Crippen LogP contribution is 2.09. The van der Waals surface area contributed by atoms with E-state index in [9.17, 15) is 14.4 Å². The number of aromatic nitrogens is 3. The first-order valence-electron chi connectivity index (χ1n) is 6.43. The SMILES string of the molecule is CC(CCNc1nn(C)c(=O)n(C)c1=O)CCC(=O)O. The molecule has 1 rings (SSSR count). The molecular weight excluding hydrogens is 264 g/mol. The molecule has 0 aliphatic heterocycles. The van der Waals surface area contributed by atoms with Crippen LogP contribution >= 0.6 is 0 Å². The molecule has 0 aliphatic carbocycles. The smallest absolute Gasteiger partial charge is 0.346 e. The van der Waals surface area contributed by atoms with E-state index in [1.54, 1.807) is 0 Å². The molecule has 1 aromatic rings. The van der Waals surface area contributed by atoms with Crippen LogP contribution in [0.3, 0.4) is 0 Å². The average molecular weight is 284 g/mol. The van der Waals surface area contributed by atoms with Gasteiger partial charge in [-0.15, -0.1) is 5.10 Å². The van der Waals surface area contributed by atoms with Gasteiger partial charge in [0.05, 0.1) is 0 Å². The van der Waals surface area contributed by atoms with Gasteiger partial charge in [-0.1, -0.05) is 6.92 Å². The number of carboxylic acids is 1. The van der Waals surface area contributed by atoms with Crippen molar-refractivity contribution in [3.05, 3.63) is 20.8 Å². The molecule has 0 aromatic carbocycles. The number of nitrogens with one attached hydrogen (secondary N) is 1. The number of aryl methyl sites for hydroxylation is 1. The molecule has 0 aliphatic rings. The van der Waals surface area contributed by atoms with Crippen molar-refractivity contribution in [1.29, 1.82) is 0 Å². The summed E-state index contributed by atoms with van der Waals surface area (Å²) in [4.78, 5) is 33.7. The van der Waals surface area contributed by atoms with Crippen molar-refractivity contribution in [2.75, 3.05) is 11.9 Å². The quantitative estimate of drug-likeness (QED) is 0.717. The number of nitrogens with zero attached hydrogens (tertiary/aromatic N) is 3. The number of anilines is 1. The fourth-order valence-corrected chi connectivity index (χ4v) is 1.76. The van der Waals surface area contributed by atoms with Crippen LogP contribution in [0, 0.1) is 5.92 Å². The number of hydrogen-bond acceptors (Lipinski definition) is 5. The molecule has 8 heteroatoms. The van der Waals surface area contributed by atoms with Crippen molar-refractivity contribution >= 4 is 11.8 Å². The molecule has 0 bridgehead atoms. The summed E-state index contributed by atoms with van der Waals surface area (Å²) in [5.41, 5.74) is -0.943. The van der Waals surface area contributed by atoms with Gasteiger partial charge in [0.25, 0.3) is 5.56 Å². The molecule has 8 nitrogen and oxygen atoms in total.